The van der Waals surface area contributed by atoms with Gasteiger partial charge in [0.2, 0.25) is 0 Å². The third kappa shape index (κ3) is 5.11. The summed E-state index contributed by atoms with van der Waals surface area (Å²) < 4.78 is 5.77. The van der Waals surface area contributed by atoms with Gasteiger partial charge in [-0.2, -0.15) is 0 Å². The molecule has 0 aliphatic carbocycles. The zero-order valence-electron chi connectivity index (χ0n) is 13.8. The minimum absolute atomic E-state index is 0.240. The van der Waals surface area contributed by atoms with Crippen LogP contribution in [0.5, 0.6) is 5.75 Å². The smallest absolute Gasteiger partial charge is 0.319 e. The van der Waals surface area contributed by atoms with Crippen LogP contribution in [0.3, 0.4) is 0 Å². The summed E-state index contributed by atoms with van der Waals surface area (Å²) in [6, 6.07) is 26.8. The molecular weight excluding hydrogens is 312 g/mol. The van der Waals surface area contributed by atoms with Gasteiger partial charge < -0.3 is 15.4 Å². The van der Waals surface area contributed by atoms with Crippen LogP contribution in [0, 0.1) is 0 Å². The Morgan fingerprint density at radius 3 is 2.20 bits per heavy atom. The van der Waals surface area contributed by atoms with Gasteiger partial charge in [-0.25, -0.2) is 4.79 Å². The molecule has 4 nitrogen and oxygen atoms in total. The largest absolute Gasteiger partial charge is 0.489 e. The number of urea groups is 1. The second-order valence-corrected chi connectivity index (χ2v) is 5.55. The Labute approximate surface area is 147 Å². The molecule has 4 heteroatoms. The number of amides is 2. The fourth-order valence-corrected chi connectivity index (χ4v) is 2.39. The Morgan fingerprint density at radius 1 is 0.800 bits per heavy atom. The van der Waals surface area contributed by atoms with Crippen LogP contribution in [-0.4, -0.2) is 6.03 Å². The SMILES string of the molecule is O=C(NCc1ccccc1)Nc1ccccc1COc1ccccc1. The van der Waals surface area contributed by atoms with Gasteiger partial charge in [0.05, 0.1) is 0 Å². The molecule has 0 atom stereocenters. The highest BCUT2D eigenvalue weighted by Gasteiger charge is 2.07. The average molecular weight is 332 g/mol. The van der Waals surface area contributed by atoms with E-state index in [1.807, 2.05) is 84.9 Å². The minimum atomic E-state index is -0.240. The summed E-state index contributed by atoms with van der Waals surface area (Å²) in [6.07, 6.45) is 0. The highest BCUT2D eigenvalue weighted by atomic mass is 16.5. The van der Waals surface area contributed by atoms with E-state index in [2.05, 4.69) is 10.6 Å². The molecule has 0 saturated carbocycles. The van der Waals surface area contributed by atoms with E-state index in [-0.39, 0.29) is 6.03 Å². The topological polar surface area (TPSA) is 50.4 Å². The molecule has 0 fully saturated rings. The lowest BCUT2D eigenvalue weighted by Gasteiger charge is -2.13. The predicted octanol–water partition coefficient (Wildman–Crippen LogP) is 4.59. The number of anilines is 1. The molecule has 126 valence electrons. The number of para-hydroxylation sites is 2. The Bertz CT molecular complexity index is 804. The molecule has 0 aromatic heterocycles. The van der Waals surface area contributed by atoms with Crippen LogP contribution in [0.15, 0.2) is 84.9 Å². The maximum Gasteiger partial charge on any atom is 0.319 e. The number of carbonyl (C=O) groups excluding carboxylic acids is 1. The zero-order chi connectivity index (χ0) is 17.3. The zero-order valence-corrected chi connectivity index (χ0v) is 13.8. The highest BCUT2D eigenvalue weighted by Crippen LogP contribution is 2.18. The third-order valence-corrected chi connectivity index (χ3v) is 3.70. The van der Waals surface area contributed by atoms with Crippen molar-refractivity contribution >= 4 is 11.7 Å². The molecule has 0 radical (unpaired) electrons. The monoisotopic (exact) mass is 332 g/mol. The number of hydrogen-bond acceptors (Lipinski definition) is 2. The first-order chi connectivity index (χ1) is 12.3. The van der Waals surface area contributed by atoms with Crippen LogP contribution in [0.25, 0.3) is 0 Å². The van der Waals surface area contributed by atoms with E-state index in [9.17, 15) is 4.79 Å². The molecule has 0 saturated heterocycles. The van der Waals surface area contributed by atoms with E-state index >= 15 is 0 Å². The lowest BCUT2D eigenvalue weighted by atomic mass is 10.2. The van der Waals surface area contributed by atoms with Crippen molar-refractivity contribution in [3.8, 4) is 5.75 Å². The Hall–Kier alpha value is -3.27. The van der Waals surface area contributed by atoms with Crippen LogP contribution in [0.4, 0.5) is 10.5 Å². The molecule has 3 rings (SSSR count). The molecular formula is C21H20N2O2. The lowest BCUT2D eigenvalue weighted by Crippen LogP contribution is -2.28. The first-order valence-corrected chi connectivity index (χ1v) is 8.16. The average Bonchev–Trinajstić information content (AvgIpc) is 2.67. The summed E-state index contributed by atoms with van der Waals surface area (Å²) in [7, 11) is 0. The summed E-state index contributed by atoms with van der Waals surface area (Å²) in [4.78, 5) is 12.1. The van der Waals surface area contributed by atoms with Crippen molar-refractivity contribution in [2.75, 3.05) is 5.32 Å². The predicted molar refractivity (Wildman–Crippen MR) is 99.5 cm³/mol. The number of rotatable bonds is 6. The van der Waals surface area contributed by atoms with Gasteiger partial charge in [0.25, 0.3) is 0 Å². The quantitative estimate of drug-likeness (QED) is 0.694. The molecule has 0 unspecified atom stereocenters. The van der Waals surface area contributed by atoms with Crippen molar-refractivity contribution in [1.82, 2.24) is 5.32 Å². The third-order valence-electron chi connectivity index (χ3n) is 3.70. The van der Waals surface area contributed by atoms with Crippen LogP contribution in [0.2, 0.25) is 0 Å². The first-order valence-electron chi connectivity index (χ1n) is 8.16. The van der Waals surface area contributed by atoms with Gasteiger partial charge >= 0.3 is 6.03 Å². The minimum Gasteiger partial charge on any atom is -0.489 e. The summed E-state index contributed by atoms with van der Waals surface area (Å²) in [5.41, 5.74) is 2.71. The molecule has 0 heterocycles. The lowest BCUT2D eigenvalue weighted by molar-refractivity contribution is 0.251. The summed E-state index contributed by atoms with van der Waals surface area (Å²) in [5, 5.41) is 5.74. The van der Waals surface area contributed by atoms with Crippen LogP contribution in [0.1, 0.15) is 11.1 Å². The van der Waals surface area contributed by atoms with E-state index in [4.69, 9.17) is 4.74 Å². The fraction of sp³-hybridized carbons (Fsp3) is 0.0952. The molecule has 0 spiro atoms. The normalized spacial score (nSPS) is 10.1. The summed E-state index contributed by atoms with van der Waals surface area (Å²) in [6.45, 7) is 0.870. The Balaban J connectivity index is 1.57. The van der Waals surface area contributed by atoms with E-state index in [0.717, 1.165) is 22.6 Å². The van der Waals surface area contributed by atoms with Crippen LogP contribution >= 0.6 is 0 Å². The Morgan fingerprint density at radius 2 is 1.44 bits per heavy atom. The van der Waals surface area contributed by atoms with Crippen molar-refractivity contribution in [3.05, 3.63) is 96.1 Å². The van der Waals surface area contributed by atoms with Crippen molar-refractivity contribution in [3.63, 3.8) is 0 Å². The van der Waals surface area contributed by atoms with E-state index in [1.54, 1.807) is 0 Å². The molecule has 25 heavy (non-hydrogen) atoms. The number of hydrogen-bond donors (Lipinski definition) is 2. The van der Waals surface area contributed by atoms with Gasteiger partial charge in [-0.05, 0) is 23.8 Å². The van der Waals surface area contributed by atoms with Crippen molar-refractivity contribution < 1.29 is 9.53 Å². The van der Waals surface area contributed by atoms with Gasteiger partial charge in [0.15, 0.2) is 0 Å². The van der Waals surface area contributed by atoms with E-state index in [1.165, 1.54) is 0 Å². The van der Waals surface area contributed by atoms with Gasteiger partial charge in [-0.1, -0.05) is 66.7 Å². The molecule has 2 amide bonds. The molecule has 3 aromatic rings. The number of nitrogens with one attached hydrogen (secondary N) is 2. The Kier molecular flexibility index (Phi) is 5.67. The van der Waals surface area contributed by atoms with Crippen molar-refractivity contribution in [2.24, 2.45) is 0 Å². The van der Waals surface area contributed by atoms with Gasteiger partial charge in [-0.15, -0.1) is 0 Å². The maximum atomic E-state index is 12.1. The summed E-state index contributed by atoms with van der Waals surface area (Å²) in [5.74, 6) is 0.797. The van der Waals surface area contributed by atoms with Gasteiger partial charge in [-0.3, -0.25) is 0 Å². The highest BCUT2D eigenvalue weighted by molar-refractivity contribution is 5.90. The van der Waals surface area contributed by atoms with Crippen molar-refractivity contribution in [2.45, 2.75) is 13.2 Å². The molecule has 2 N–H and O–H groups in total. The second kappa shape index (κ2) is 8.55. The van der Waals surface area contributed by atoms with Gasteiger partial charge in [0, 0.05) is 17.8 Å². The van der Waals surface area contributed by atoms with Crippen LogP contribution in [-0.2, 0) is 13.2 Å². The molecule has 0 aliphatic heterocycles. The van der Waals surface area contributed by atoms with Crippen LogP contribution < -0.4 is 15.4 Å². The second-order valence-electron chi connectivity index (χ2n) is 5.55. The summed E-state index contributed by atoms with van der Waals surface area (Å²) >= 11 is 0. The van der Waals surface area contributed by atoms with Gasteiger partial charge in [0.1, 0.15) is 12.4 Å². The molecule has 0 aliphatic rings. The molecule has 0 bridgehead atoms. The number of carbonyl (C=O) groups is 1. The van der Waals surface area contributed by atoms with E-state index in [0.29, 0.717) is 13.2 Å². The number of ether oxygens (including phenoxy) is 1. The first kappa shape index (κ1) is 16.6. The fourth-order valence-electron chi connectivity index (χ4n) is 2.39. The van der Waals surface area contributed by atoms with Crippen molar-refractivity contribution in [1.29, 1.82) is 0 Å². The standard InChI is InChI=1S/C21H20N2O2/c24-21(22-15-17-9-3-1-4-10-17)23-20-14-8-7-11-18(20)16-25-19-12-5-2-6-13-19/h1-14H,15-16H2,(H2,22,23,24). The maximum absolute atomic E-state index is 12.1. The number of benzene rings is 3. The van der Waals surface area contributed by atoms with E-state index < -0.39 is 0 Å². The molecule has 3 aromatic carbocycles.